The van der Waals surface area contributed by atoms with E-state index in [1.807, 2.05) is 73.9 Å². The van der Waals surface area contributed by atoms with Crippen molar-refractivity contribution in [3.05, 3.63) is 59.8 Å². The first-order valence-electron chi connectivity index (χ1n) is 12.3. The van der Waals surface area contributed by atoms with Crippen LogP contribution in [0.1, 0.15) is 43.2 Å². The summed E-state index contributed by atoms with van der Waals surface area (Å²) in [6.45, 7) is 7.35. The minimum absolute atomic E-state index is 0.142. The number of methoxy groups -OCH3 is 2. The number of carbonyl (C=O) groups excluding carboxylic acids is 2. The first-order chi connectivity index (χ1) is 17.3. The number of benzene rings is 2. The fourth-order valence-electron chi connectivity index (χ4n) is 4.79. The summed E-state index contributed by atoms with van der Waals surface area (Å²) in [6, 6.07) is 15.3. The van der Waals surface area contributed by atoms with Crippen molar-refractivity contribution in [3.63, 3.8) is 0 Å². The zero-order valence-corrected chi connectivity index (χ0v) is 21.7. The van der Waals surface area contributed by atoms with Gasteiger partial charge in [0.25, 0.3) is 5.91 Å². The van der Waals surface area contributed by atoms with Crippen LogP contribution in [0.4, 0.5) is 0 Å². The SMILES string of the molecule is COc1cccc(CN2C(=O)c3cc4ccccc4n3CC2(C)C(=O)NCCCOC(C)C)c1OC. The van der Waals surface area contributed by atoms with Gasteiger partial charge in [0, 0.05) is 29.6 Å². The number of fused-ring (bicyclic) bond motifs is 3. The third-order valence-electron chi connectivity index (χ3n) is 6.70. The van der Waals surface area contributed by atoms with Gasteiger partial charge in [-0.05, 0) is 45.4 Å². The second kappa shape index (κ2) is 10.6. The molecule has 2 aromatic carbocycles. The number of aromatic nitrogens is 1. The van der Waals surface area contributed by atoms with Gasteiger partial charge in [0.05, 0.1) is 33.4 Å². The number of hydrogen-bond acceptors (Lipinski definition) is 5. The Kier molecular flexibility index (Phi) is 7.54. The van der Waals surface area contributed by atoms with E-state index < -0.39 is 5.54 Å². The number of rotatable bonds is 10. The van der Waals surface area contributed by atoms with E-state index in [1.54, 1.807) is 19.1 Å². The molecule has 8 heteroatoms. The Morgan fingerprint density at radius 2 is 1.89 bits per heavy atom. The summed E-state index contributed by atoms with van der Waals surface area (Å²) in [4.78, 5) is 29.3. The number of ether oxygens (including phenoxy) is 3. The predicted molar refractivity (Wildman–Crippen MR) is 138 cm³/mol. The van der Waals surface area contributed by atoms with E-state index in [9.17, 15) is 9.59 Å². The van der Waals surface area contributed by atoms with Gasteiger partial charge in [-0.25, -0.2) is 0 Å². The van der Waals surface area contributed by atoms with Crippen LogP contribution in [0, 0.1) is 0 Å². The molecular formula is C28H35N3O5. The molecule has 0 fully saturated rings. The summed E-state index contributed by atoms with van der Waals surface area (Å²) in [6.07, 6.45) is 0.831. The number of amides is 2. The lowest BCUT2D eigenvalue weighted by atomic mass is 9.93. The molecule has 1 N–H and O–H groups in total. The van der Waals surface area contributed by atoms with Crippen molar-refractivity contribution in [1.82, 2.24) is 14.8 Å². The van der Waals surface area contributed by atoms with E-state index in [2.05, 4.69) is 5.32 Å². The average molecular weight is 494 g/mol. The molecule has 0 spiro atoms. The van der Waals surface area contributed by atoms with Crippen molar-refractivity contribution < 1.29 is 23.8 Å². The summed E-state index contributed by atoms with van der Waals surface area (Å²) >= 11 is 0. The van der Waals surface area contributed by atoms with E-state index in [4.69, 9.17) is 14.2 Å². The van der Waals surface area contributed by atoms with Crippen LogP contribution in [0.25, 0.3) is 10.9 Å². The van der Waals surface area contributed by atoms with Crippen molar-refractivity contribution in [2.45, 2.75) is 51.9 Å². The molecule has 1 aliphatic heterocycles. The lowest BCUT2D eigenvalue weighted by molar-refractivity contribution is -0.133. The second-order valence-corrected chi connectivity index (χ2v) is 9.52. The molecule has 1 atom stereocenters. The lowest BCUT2D eigenvalue weighted by Gasteiger charge is -2.44. The minimum Gasteiger partial charge on any atom is -0.493 e. The molecule has 2 amide bonds. The van der Waals surface area contributed by atoms with E-state index in [1.165, 1.54) is 0 Å². The summed E-state index contributed by atoms with van der Waals surface area (Å²) in [7, 11) is 3.15. The molecule has 1 aliphatic rings. The fourth-order valence-corrected chi connectivity index (χ4v) is 4.79. The van der Waals surface area contributed by atoms with E-state index in [0.29, 0.717) is 43.3 Å². The van der Waals surface area contributed by atoms with E-state index in [-0.39, 0.29) is 24.5 Å². The first kappa shape index (κ1) is 25.6. The van der Waals surface area contributed by atoms with Gasteiger partial charge in [0.1, 0.15) is 11.2 Å². The molecule has 0 aliphatic carbocycles. The molecule has 4 rings (SSSR count). The van der Waals surface area contributed by atoms with Crippen LogP contribution in [-0.2, 0) is 22.6 Å². The summed E-state index contributed by atoms with van der Waals surface area (Å²) in [5, 5.41) is 4.01. The molecule has 0 radical (unpaired) electrons. The topological polar surface area (TPSA) is 82.0 Å². The van der Waals surface area contributed by atoms with Crippen molar-refractivity contribution in [2.75, 3.05) is 27.4 Å². The van der Waals surface area contributed by atoms with Gasteiger partial charge >= 0.3 is 0 Å². The van der Waals surface area contributed by atoms with Crippen LogP contribution in [0.3, 0.4) is 0 Å². The lowest BCUT2D eigenvalue weighted by Crippen LogP contribution is -2.63. The zero-order valence-electron chi connectivity index (χ0n) is 21.7. The van der Waals surface area contributed by atoms with Gasteiger partial charge in [0.2, 0.25) is 5.91 Å². The molecule has 192 valence electrons. The largest absolute Gasteiger partial charge is 0.493 e. The van der Waals surface area contributed by atoms with Crippen LogP contribution in [0.2, 0.25) is 0 Å². The fraction of sp³-hybridized carbons (Fsp3) is 0.429. The molecule has 0 bridgehead atoms. The van der Waals surface area contributed by atoms with Crippen molar-refractivity contribution >= 4 is 22.7 Å². The van der Waals surface area contributed by atoms with Crippen LogP contribution in [-0.4, -0.2) is 60.3 Å². The van der Waals surface area contributed by atoms with Gasteiger partial charge < -0.3 is 29.0 Å². The maximum atomic E-state index is 13.9. The Hall–Kier alpha value is -3.52. The standard InChI is InChI=1S/C28H35N3O5/c1-19(2)36-15-9-14-29-27(33)28(3)18-30-22-12-7-6-10-20(22)16-23(30)26(32)31(28)17-21-11-8-13-24(34-4)25(21)35-5/h6-8,10-13,16,19H,9,14-15,17-18H2,1-5H3,(H,29,33). The number of para-hydroxylation sites is 2. The number of nitrogens with zero attached hydrogens (tertiary/aromatic N) is 2. The highest BCUT2D eigenvalue weighted by atomic mass is 16.5. The summed E-state index contributed by atoms with van der Waals surface area (Å²) < 4.78 is 18.6. The highest BCUT2D eigenvalue weighted by Crippen LogP contribution is 2.37. The Balaban J connectivity index is 1.69. The number of carbonyl (C=O) groups is 2. The van der Waals surface area contributed by atoms with Gasteiger partial charge in [-0.15, -0.1) is 0 Å². The van der Waals surface area contributed by atoms with Crippen LogP contribution < -0.4 is 14.8 Å². The maximum Gasteiger partial charge on any atom is 0.271 e. The molecule has 1 aromatic heterocycles. The molecule has 2 heterocycles. The second-order valence-electron chi connectivity index (χ2n) is 9.52. The monoisotopic (exact) mass is 493 g/mol. The first-order valence-corrected chi connectivity index (χ1v) is 12.3. The maximum absolute atomic E-state index is 13.9. The summed E-state index contributed by atoms with van der Waals surface area (Å²) in [5.74, 6) is 0.714. The van der Waals surface area contributed by atoms with Gasteiger partial charge in [-0.2, -0.15) is 0 Å². The highest BCUT2D eigenvalue weighted by molar-refractivity contribution is 6.03. The molecule has 1 unspecified atom stereocenters. The van der Waals surface area contributed by atoms with Crippen LogP contribution in [0.5, 0.6) is 11.5 Å². The van der Waals surface area contributed by atoms with Crippen molar-refractivity contribution in [3.8, 4) is 11.5 Å². The highest BCUT2D eigenvalue weighted by Gasteiger charge is 2.47. The van der Waals surface area contributed by atoms with Crippen molar-refractivity contribution in [2.24, 2.45) is 0 Å². The van der Waals surface area contributed by atoms with Gasteiger partial charge in [0.15, 0.2) is 11.5 Å². The molecule has 0 saturated heterocycles. The third-order valence-corrected chi connectivity index (χ3v) is 6.70. The third kappa shape index (κ3) is 4.78. The van der Waals surface area contributed by atoms with Crippen LogP contribution >= 0.6 is 0 Å². The van der Waals surface area contributed by atoms with Gasteiger partial charge in [-0.3, -0.25) is 9.59 Å². The average Bonchev–Trinajstić information content (AvgIpc) is 3.24. The quantitative estimate of drug-likeness (QED) is 0.432. The van der Waals surface area contributed by atoms with E-state index >= 15 is 0 Å². The summed E-state index contributed by atoms with van der Waals surface area (Å²) in [5.41, 5.74) is 1.13. The Bertz CT molecular complexity index is 1250. The van der Waals surface area contributed by atoms with Crippen molar-refractivity contribution in [1.29, 1.82) is 0 Å². The molecule has 0 saturated carbocycles. The molecular weight excluding hydrogens is 458 g/mol. The molecule has 8 nitrogen and oxygen atoms in total. The molecule has 3 aromatic rings. The zero-order chi connectivity index (χ0) is 25.9. The smallest absolute Gasteiger partial charge is 0.271 e. The normalized spacial score (nSPS) is 17.4. The van der Waals surface area contributed by atoms with Crippen LogP contribution in [0.15, 0.2) is 48.5 Å². The van der Waals surface area contributed by atoms with E-state index in [0.717, 1.165) is 16.5 Å². The number of nitrogens with one attached hydrogen (secondary N) is 1. The Morgan fingerprint density at radius 1 is 1.11 bits per heavy atom. The molecule has 36 heavy (non-hydrogen) atoms. The minimum atomic E-state index is -1.13. The number of hydrogen-bond donors (Lipinski definition) is 1. The predicted octanol–water partition coefficient (Wildman–Crippen LogP) is 4.00. The Morgan fingerprint density at radius 3 is 2.61 bits per heavy atom. The van der Waals surface area contributed by atoms with Gasteiger partial charge in [-0.1, -0.05) is 30.3 Å². The Labute approximate surface area is 212 Å².